The lowest BCUT2D eigenvalue weighted by Crippen LogP contribution is -2.41. The highest BCUT2D eigenvalue weighted by molar-refractivity contribution is 5.93. The molecular weight excluding hydrogens is 170 g/mol. The molecule has 0 spiro atoms. The molecule has 1 rings (SSSR count). The van der Waals surface area contributed by atoms with Gasteiger partial charge in [-0.1, -0.05) is 0 Å². The van der Waals surface area contributed by atoms with Crippen LogP contribution in [0.25, 0.3) is 0 Å². The third-order valence-electron chi connectivity index (χ3n) is 1.61. The summed E-state index contributed by atoms with van der Waals surface area (Å²) in [5.41, 5.74) is 8.05. The van der Waals surface area contributed by atoms with Crippen molar-refractivity contribution in [1.29, 1.82) is 0 Å². The number of aromatic nitrogens is 1. The fraction of sp³-hybridized carbons (Fsp3) is 0.143. The van der Waals surface area contributed by atoms with Gasteiger partial charge < -0.3 is 5.73 Å². The number of urea groups is 1. The van der Waals surface area contributed by atoms with Gasteiger partial charge in [-0.3, -0.25) is 10.3 Å². The van der Waals surface area contributed by atoms with Crippen LogP contribution in [0.2, 0.25) is 0 Å². The molecule has 0 aromatic carbocycles. The van der Waals surface area contributed by atoms with E-state index in [1.54, 1.807) is 25.4 Å². The van der Waals surface area contributed by atoms with Gasteiger partial charge in [0.25, 0.3) is 0 Å². The summed E-state index contributed by atoms with van der Waals surface area (Å²) in [6.07, 6.45) is 1.55. The largest absolute Gasteiger partial charge is 0.382 e. The first-order chi connectivity index (χ1) is 6.16. The Labute approximate surface area is 75.5 Å². The molecule has 5 N–H and O–H groups in total. The Hall–Kier alpha value is -1.82. The number of anilines is 2. The summed E-state index contributed by atoms with van der Waals surface area (Å²) in [5, 5.41) is 0. The van der Waals surface area contributed by atoms with Gasteiger partial charge in [0, 0.05) is 13.2 Å². The molecule has 70 valence electrons. The number of nitrogens with one attached hydrogen (secondary N) is 1. The summed E-state index contributed by atoms with van der Waals surface area (Å²) >= 11 is 0. The summed E-state index contributed by atoms with van der Waals surface area (Å²) in [5.74, 6) is 5.24. The Bertz CT molecular complexity index is 314. The quantitative estimate of drug-likeness (QED) is 0.314. The zero-order valence-corrected chi connectivity index (χ0v) is 7.19. The second-order valence-corrected chi connectivity index (χ2v) is 2.42. The van der Waals surface area contributed by atoms with Gasteiger partial charge in [-0.25, -0.2) is 15.6 Å². The lowest BCUT2D eigenvalue weighted by atomic mass is 10.3. The van der Waals surface area contributed by atoms with Gasteiger partial charge in [-0.05, 0) is 12.1 Å². The van der Waals surface area contributed by atoms with E-state index in [9.17, 15) is 4.79 Å². The maximum Gasteiger partial charge on any atom is 0.335 e. The summed E-state index contributed by atoms with van der Waals surface area (Å²) < 4.78 is 0. The zero-order chi connectivity index (χ0) is 9.84. The van der Waals surface area contributed by atoms with Gasteiger partial charge in [0.2, 0.25) is 0 Å². The number of carbonyl (C=O) groups is 1. The van der Waals surface area contributed by atoms with Crippen molar-refractivity contribution in [2.24, 2.45) is 5.84 Å². The van der Waals surface area contributed by atoms with E-state index in [-0.39, 0.29) is 5.82 Å². The summed E-state index contributed by atoms with van der Waals surface area (Å²) in [4.78, 5) is 16.2. The fourth-order valence-electron chi connectivity index (χ4n) is 0.899. The van der Waals surface area contributed by atoms with Crippen molar-refractivity contribution in [1.82, 2.24) is 10.4 Å². The SMILES string of the molecule is CN(C(=O)NN)c1cccnc1N. The molecule has 0 fully saturated rings. The number of nitrogens with two attached hydrogens (primary N) is 2. The summed E-state index contributed by atoms with van der Waals surface area (Å²) in [6.45, 7) is 0. The van der Waals surface area contributed by atoms with E-state index in [1.807, 2.05) is 5.43 Å². The minimum absolute atomic E-state index is 0.286. The number of hydrogen-bond acceptors (Lipinski definition) is 4. The molecule has 0 radical (unpaired) electrons. The van der Waals surface area contributed by atoms with Crippen LogP contribution in [0, 0.1) is 0 Å². The molecule has 0 bridgehead atoms. The Morgan fingerprint density at radius 1 is 1.69 bits per heavy atom. The molecule has 0 atom stereocenters. The predicted octanol–water partition coefficient (Wildman–Crippen LogP) is -0.317. The third kappa shape index (κ3) is 1.85. The number of pyridine rings is 1. The summed E-state index contributed by atoms with van der Waals surface area (Å²) in [6, 6.07) is 2.92. The number of rotatable bonds is 1. The molecule has 6 heteroatoms. The Morgan fingerprint density at radius 3 is 2.92 bits per heavy atom. The molecule has 0 saturated heterocycles. The molecule has 0 unspecified atom stereocenters. The number of nitrogen functional groups attached to an aromatic ring is 1. The number of nitrogens with zero attached hydrogens (tertiary/aromatic N) is 2. The van der Waals surface area contributed by atoms with Crippen LogP contribution in [0.4, 0.5) is 16.3 Å². The number of carbonyl (C=O) groups excluding carboxylic acids is 1. The first-order valence-electron chi connectivity index (χ1n) is 3.61. The molecule has 1 aromatic heterocycles. The molecule has 0 aliphatic rings. The van der Waals surface area contributed by atoms with E-state index >= 15 is 0 Å². The second kappa shape index (κ2) is 3.72. The normalized spacial score (nSPS) is 9.38. The Morgan fingerprint density at radius 2 is 2.38 bits per heavy atom. The van der Waals surface area contributed by atoms with Crippen LogP contribution in [0.5, 0.6) is 0 Å². The van der Waals surface area contributed by atoms with Crippen LogP contribution in [-0.4, -0.2) is 18.1 Å². The van der Waals surface area contributed by atoms with Crippen LogP contribution >= 0.6 is 0 Å². The van der Waals surface area contributed by atoms with Crippen molar-refractivity contribution in [2.75, 3.05) is 17.7 Å². The topological polar surface area (TPSA) is 97.3 Å². The lowest BCUT2D eigenvalue weighted by molar-refractivity contribution is 0.248. The minimum Gasteiger partial charge on any atom is -0.382 e. The second-order valence-electron chi connectivity index (χ2n) is 2.42. The molecule has 0 aliphatic heterocycles. The maximum atomic E-state index is 11.1. The van der Waals surface area contributed by atoms with Crippen molar-refractivity contribution in [2.45, 2.75) is 0 Å². The van der Waals surface area contributed by atoms with E-state index in [0.29, 0.717) is 5.69 Å². The smallest absolute Gasteiger partial charge is 0.335 e. The molecule has 1 aromatic rings. The van der Waals surface area contributed by atoms with Crippen LogP contribution in [0.3, 0.4) is 0 Å². The van der Waals surface area contributed by atoms with Crippen LogP contribution < -0.4 is 21.9 Å². The average Bonchev–Trinajstić information content (AvgIpc) is 2.16. The maximum absolute atomic E-state index is 11.1. The van der Waals surface area contributed by atoms with Crippen molar-refractivity contribution in [3.05, 3.63) is 18.3 Å². The molecular formula is C7H11N5O. The minimum atomic E-state index is -0.445. The number of hydrazine groups is 1. The summed E-state index contributed by atoms with van der Waals surface area (Å²) in [7, 11) is 1.55. The Kier molecular flexibility index (Phi) is 2.65. The highest BCUT2D eigenvalue weighted by Crippen LogP contribution is 2.17. The van der Waals surface area contributed by atoms with Crippen molar-refractivity contribution >= 4 is 17.5 Å². The predicted molar refractivity (Wildman–Crippen MR) is 49.8 cm³/mol. The molecule has 1 heterocycles. The first-order valence-corrected chi connectivity index (χ1v) is 3.61. The van der Waals surface area contributed by atoms with E-state index in [1.165, 1.54) is 4.90 Å². The Balaban J connectivity index is 2.95. The standard InChI is InChI=1S/C7H11N5O/c1-12(7(13)11-9)5-3-2-4-10-6(5)8/h2-4H,9H2,1H3,(H2,8,10)(H,11,13). The van der Waals surface area contributed by atoms with Crippen LogP contribution in [0.1, 0.15) is 0 Å². The third-order valence-corrected chi connectivity index (χ3v) is 1.61. The van der Waals surface area contributed by atoms with Gasteiger partial charge in [0.05, 0.1) is 5.69 Å². The molecule has 0 saturated carbocycles. The van der Waals surface area contributed by atoms with Crippen LogP contribution in [0.15, 0.2) is 18.3 Å². The van der Waals surface area contributed by atoms with E-state index in [2.05, 4.69) is 4.98 Å². The van der Waals surface area contributed by atoms with Gasteiger partial charge >= 0.3 is 6.03 Å². The highest BCUT2D eigenvalue weighted by Gasteiger charge is 2.11. The molecule has 6 nitrogen and oxygen atoms in total. The van der Waals surface area contributed by atoms with Crippen molar-refractivity contribution in [3.63, 3.8) is 0 Å². The van der Waals surface area contributed by atoms with Crippen molar-refractivity contribution < 1.29 is 4.79 Å². The van der Waals surface area contributed by atoms with E-state index in [4.69, 9.17) is 11.6 Å². The van der Waals surface area contributed by atoms with E-state index in [0.717, 1.165) is 0 Å². The molecule has 2 amide bonds. The molecule has 13 heavy (non-hydrogen) atoms. The van der Waals surface area contributed by atoms with Gasteiger partial charge in [0.1, 0.15) is 5.82 Å². The van der Waals surface area contributed by atoms with Gasteiger partial charge in [-0.2, -0.15) is 0 Å². The number of hydrogen-bond donors (Lipinski definition) is 3. The first kappa shape index (κ1) is 9.27. The van der Waals surface area contributed by atoms with Gasteiger partial charge in [-0.15, -0.1) is 0 Å². The molecule has 0 aliphatic carbocycles. The van der Waals surface area contributed by atoms with Crippen molar-refractivity contribution in [3.8, 4) is 0 Å². The fourth-order valence-corrected chi connectivity index (χ4v) is 0.899. The highest BCUT2D eigenvalue weighted by atomic mass is 16.2. The van der Waals surface area contributed by atoms with Crippen LogP contribution in [-0.2, 0) is 0 Å². The van der Waals surface area contributed by atoms with E-state index < -0.39 is 6.03 Å². The zero-order valence-electron chi connectivity index (χ0n) is 7.19. The van der Waals surface area contributed by atoms with Gasteiger partial charge in [0.15, 0.2) is 0 Å². The monoisotopic (exact) mass is 181 g/mol. The average molecular weight is 181 g/mol. The lowest BCUT2D eigenvalue weighted by Gasteiger charge is -2.16. The number of amides is 2.